The zero-order chi connectivity index (χ0) is 14.7. The summed E-state index contributed by atoms with van der Waals surface area (Å²) in [5.74, 6) is -1.78. The van der Waals surface area contributed by atoms with Gasteiger partial charge in [-0.2, -0.15) is 0 Å². The summed E-state index contributed by atoms with van der Waals surface area (Å²) in [6.45, 7) is 0. The molecule has 2 rings (SSSR count). The number of amides is 2. The number of rotatable bonds is 5. The van der Waals surface area contributed by atoms with E-state index in [-0.39, 0.29) is 24.0 Å². The van der Waals surface area contributed by atoms with Crippen molar-refractivity contribution >= 4 is 24.1 Å². The summed E-state index contributed by atoms with van der Waals surface area (Å²) >= 11 is 0. The van der Waals surface area contributed by atoms with E-state index in [0.717, 1.165) is 4.90 Å². The minimum absolute atomic E-state index is 0.0572. The van der Waals surface area contributed by atoms with Crippen molar-refractivity contribution in [2.24, 2.45) is 0 Å². The number of hydrogen-bond donors (Lipinski definition) is 0. The number of nitrogens with zero attached hydrogens (tertiary/aromatic N) is 1. The van der Waals surface area contributed by atoms with E-state index in [4.69, 9.17) is 0 Å². The van der Waals surface area contributed by atoms with Crippen molar-refractivity contribution in [1.29, 1.82) is 0 Å². The van der Waals surface area contributed by atoms with Gasteiger partial charge in [0, 0.05) is 6.42 Å². The Labute approximate surface area is 115 Å². The molecule has 0 unspecified atom stereocenters. The van der Waals surface area contributed by atoms with E-state index in [9.17, 15) is 19.2 Å². The molecule has 0 bridgehead atoms. The zero-order valence-electron chi connectivity index (χ0n) is 10.9. The number of aldehydes is 1. The van der Waals surface area contributed by atoms with Crippen LogP contribution in [0.1, 0.15) is 33.6 Å². The van der Waals surface area contributed by atoms with Crippen LogP contribution < -0.4 is 0 Å². The molecule has 6 nitrogen and oxygen atoms in total. The van der Waals surface area contributed by atoms with Crippen molar-refractivity contribution in [3.05, 3.63) is 35.4 Å². The Bertz CT molecular complexity index is 546. The van der Waals surface area contributed by atoms with Gasteiger partial charge in [0.2, 0.25) is 0 Å². The number of hydrogen-bond acceptors (Lipinski definition) is 5. The minimum Gasteiger partial charge on any atom is -0.467 e. The second-order valence-corrected chi connectivity index (χ2v) is 4.31. The highest BCUT2D eigenvalue weighted by Gasteiger charge is 2.42. The molecule has 0 saturated heterocycles. The number of benzene rings is 1. The van der Waals surface area contributed by atoms with Gasteiger partial charge in [-0.15, -0.1) is 0 Å². The first kappa shape index (κ1) is 13.9. The predicted octanol–water partition coefficient (Wildman–Crippen LogP) is 0.803. The summed E-state index contributed by atoms with van der Waals surface area (Å²) in [4.78, 5) is 47.6. The van der Waals surface area contributed by atoms with Gasteiger partial charge in [-0.3, -0.25) is 14.5 Å². The number of methoxy groups -OCH3 is 1. The van der Waals surface area contributed by atoms with Crippen LogP contribution in [0, 0.1) is 0 Å². The van der Waals surface area contributed by atoms with Crippen LogP contribution >= 0.6 is 0 Å². The van der Waals surface area contributed by atoms with Gasteiger partial charge in [0.05, 0.1) is 18.2 Å². The van der Waals surface area contributed by atoms with Crippen LogP contribution in [0.2, 0.25) is 0 Å². The highest BCUT2D eigenvalue weighted by molar-refractivity contribution is 6.22. The van der Waals surface area contributed by atoms with Crippen LogP contribution in [0.25, 0.3) is 0 Å². The molecule has 1 aliphatic rings. The molecule has 1 atom stereocenters. The lowest BCUT2D eigenvalue weighted by atomic mass is 10.1. The van der Waals surface area contributed by atoms with Gasteiger partial charge in [-0.05, 0) is 18.6 Å². The number of esters is 1. The largest absolute Gasteiger partial charge is 0.467 e. The van der Waals surface area contributed by atoms with Crippen molar-refractivity contribution < 1.29 is 23.9 Å². The van der Waals surface area contributed by atoms with E-state index in [1.54, 1.807) is 12.1 Å². The van der Waals surface area contributed by atoms with Crippen LogP contribution in [0.3, 0.4) is 0 Å². The molecule has 1 aliphatic heterocycles. The summed E-state index contributed by atoms with van der Waals surface area (Å²) in [6.07, 6.45) is 0.753. The first-order valence-corrected chi connectivity index (χ1v) is 6.10. The molecule has 0 aromatic heterocycles. The predicted molar refractivity (Wildman–Crippen MR) is 68.0 cm³/mol. The van der Waals surface area contributed by atoms with E-state index in [0.29, 0.717) is 6.29 Å². The molecule has 0 fully saturated rings. The molecule has 0 N–H and O–H groups in total. The zero-order valence-corrected chi connectivity index (χ0v) is 10.9. The van der Waals surface area contributed by atoms with Gasteiger partial charge in [0.1, 0.15) is 12.3 Å². The molecule has 0 radical (unpaired) electrons. The van der Waals surface area contributed by atoms with Gasteiger partial charge < -0.3 is 9.53 Å². The molecule has 0 saturated carbocycles. The fourth-order valence-electron chi connectivity index (χ4n) is 2.21. The maximum absolute atomic E-state index is 12.2. The average molecular weight is 275 g/mol. The Morgan fingerprint density at radius 3 is 2.25 bits per heavy atom. The summed E-state index contributed by atoms with van der Waals surface area (Å²) in [5, 5.41) is 0. The van der Waals surface area contributed by atoms with Gasteiger partial charge in [-0.25, -0.2) is 4.79 Å². The average Bonchev–Trinajstić information content (AvgIpc) is 2.73. The molecule has 20 heavy (non-hydrogen) atoms. The SMILES string of the molecule is COC(=O)[C@H](CCC=O)N1C(=O)c2ccccc2C1=O. The van der Waals surface area contributed by atoms with Crippen LogP contribution in [0.15, 0.2) is 24.3 Å². The van der Waals surface area contributed by atoms with Crippen molar-refractivity contribution in [3.63, 3.8) is 0 Å². The molecule has 0 aliphatic carbocycles. The third kappa shape index (κ3) is 2.20. The van der Waals surface area contributed by atoms with Crippen LogP contribution in [0.4, 0.5) is 0 Å². The summed E-state index contributed by atoms with van der Waals surface area (Å²) < 4.78 is 4.62. The van der Waals surface area contributed by atoms with Gasteiger partial charge in [0.25, 0.3) is 11.8 Å². The molecule has 2 amide bonds. The van der Waals surface area contributed by atoms with Crippen molar-refractivity contribution in [1.82, 2.24) is 4.90 Å². The lowest BCUT2D eigenvalue weighted by Gasteiger charge is -2.23. The van der Waals surface area contributed by atoms with Crippen molar-refractivity contribution in [2.75, 3.05) is 7.11 Å². The molecular formula is C14H13NO5. The standard InChI is InChI=1S/C14H13NO5/c1-20-14(19)11(7-4-8-16)15-12(17)9-5-2-3-6-10(9)13(15)18/h2-3,5-6,8,11H,4,7H2,1H3/t11-/m0/s1. The molecule has 1 aromatic carbocycles. The van der Waals surface area contributed by atoms with Gasteiger partial charge >= 0.3 is 5.97 Å². The summed E-state index contributed by atoms with van der Waals surface area (Å²) in [5.41, 5.74) is 0.523. The molecule has 0 spiro atoms. The smallest absolute Gasteiger partial charge is 0.329 e. The third-order valence-electron chi connectivity index (χ3n) is 3.17. The Balaban J connectivity index is 2.36. The Morgan fingerprint density at radius 1 is 1.25 bits per heavy atom. The fourth-order valence-corrected chi connectivity index (χ4v) is 2.21. The minimum atomic E-state index is -1.07. The van der Waals surface area contributed by atoms with E-state index in [1.165, 1.54) is 19.2 Å². The first-order chi connectivity index (χ1) is 9.61. The van der Waals surface area contributed by atoms with Crippen LogP contribution in [-0.4, -0.2) is 42.1 Å². The normalized spacial score (nSPS) is 14.9. The van der Waals surface area contributed by atoms with E-state index < -0.39 is 23.8 Å². The molecule has 1 heterocycles. The lowest BCUT2D eigenvalue weighted by Crippen LogP contribution is -2.45. The van der Waals surface area contributed by atoms with E-state index >= 15 is 0 Å². The third-order valence-corrected chi connectivity index (χ3v) is 3.17. The monoisotopic (exact) mass is 275 g/mol. The Kier molecular flexibility index (Phi) is 3.93. The topological polar surface area (TPSA) is 80.8 Å². The number of imide groups is 1. The summed E-state index contributed by atoms with van der Waals surface area (Å²) in [6, 6.07) is 5.28. The van der Waals surface area contributed by atoms with E-state index in [2.05, 4.69) is 4.74 Å². The molecule has 6 heteroatoms. The summed E-state index contributed by atoms with van der Waals surface area (Å²) in [7, 11) is 1.18. The maximum Gasteiger partial charge on any atom is 0.329 e. The number of carbonyl (C=O) groups is 4. The number of ether oxygens (including phenoxy) is 1. The molecule has 1 aromatic rings. The van der Waals surface area contributed by atoms with Gasteiger partial charge in [0.15, 0.2) is 0 Å². The van der Waals surface area contributed by atoms with Gasteiger partial charge in [-0.1, -0.05) is 12.1 Å². The second-order valence-electron chi connectivity index (χ2n) is 4.31. The Morgan fingerprint density at radius 2 is 1.80 bits per heavy atom. The molecular weight excluding hydrogens is 262 g/mol. The number of fused-ring (bicyclic) bond motifs is 1. The highest BCUT2D eigenvalue weighted by atomic mass is 16.5. The van der Waals surface area contributed by atoms with Crippen molar-refractivity contribution in [2.45, 2.75) is 18.9 Å². The van der Waals surface area contributed by atoms with Crippen LogP contribution in [0.5, 0.6) is 0 Å². The Hall–Kier alpha value is -2.50. The number of carbonyl (C=O) groups excluding carboxylic acids is 4. The fraction of sp³-hybridized carbons (Fsp3) is 0.286. The second kappa shape index (κ2) is 5.64. The van der Waals surface area contributed by atoms with E-state index in [1.807, 2.05) is 0 Å². The first-order valence-electron chi connectivity index (χ1n) is 6.10. The molecule has 104 valence electrons. The van der Waals surface area contributed by atoms with Crippen LogP contribution in [-0.2, 0) is 14.3 Å². The lowest BCUT2D eigenvalue weighted by molar-refractivity contribution is -0.145. The highest BCUT2D eigenvalue weighted by Crippen LogP contribution is 2.26. The maximum atomic E-state index is 12.2. The van der Waals surface area contributed by atoms with Crippen molar-refractivity contribution in [3.8, 4) is 0 Å². The quantitative estimate of drug-likeness (QED) is 0.451.